The lowest BCUT2D eigenvalue weighted by atomic mass is 9.70. The highest BCUT2D eigenvalue weighted by molar-refractivity contribution is 5.36. The van der Waals surface area contributed by atoms with E-state index in [1.54, 1.807) is 12.1 Å². The molecule has 0 bridgehead atoms. The van der Waals surface area contributed by atoms with Gasteiger partial charge in [-0.2, -0.15) is 5.26 Å². The SMILES string of the molecule is N#Cc1ccc(C2(N)CC(O)C2)cc1. The highest BCUT2D eigenvalue weighted by Gasteiger charge is 2.41. The van der Waals surface area contributed by atoms with E-state index in [0.717, 1.165) is 5.56 Å². The Kier molecular flexibility index (Phi) is 2.03. The summed E-state index contributed by atoms with van der Waals surface area (Å²) < 4.78 is 0. The minimum atomic E-state index is -0.382. The molecule has 1 aromatic carbocycles. The topological polar surface area (TPSA) is 70.0 Å². The fourth-order valence-corrected chi connectivity index (χ4v) is 1.89. The number of nitrogens with two attached hydrogens (primary N) is 1. The summed E-state index contributed by atoms with van der Waals surface area (Å²) in [5.74, 6) is 0. The molecule has 72 valence electrons. The Morgan fingerprint density at radius 3 is 2.36 bits per heavy atom. The smallest absolute Gasteiger partial charge is 0.0991 e. The second kappa shape index (κ2) is 3.09. The first-order valence-corrected chi connectivity index (χ1v) is 4.62. The van der Waals surface area contributed by atoms with Gasteiger partial charge in [0, 0.05) is 5.54 Å². The van der Waals surface area contributed by atoms with E-state index >= 15 is 0 Å². The van der Waals surface area contributed by atoms with Crippen LogP contribution in [0.5, 0.6) is 0 Å². The molecule has 0 radical (unpaired) electrons. The van der Waals surface area contributed by atoms with Crippen LogP contribution in [0.4, 0.5) is 0 Å². The molecule has 1 aliphatic rings. The standard InChI is InChI=1S/C11H12N2O/c12-7-8-1-3-9(4-2-8)11(13)5-10(14)6-11/h1-4,10,14H,5-6,13H2. The van der Waals surface area contributed by atoms with Gasteiger partial charge in [-0.25, -0.2) is 0 Å². The lowest BCUT2D eigenvalue weighted by molar-refractivity contribution is 0.0209. The number of rotatable bonds is 1. The summed E-state index contributed by atoms with van der Waals surface area (Å²) >= 11 is 0. The molecule has 3 N–H and O–H groups in total. The molecule has 0 unspecified atom stereocenters. The van der Waals surface area contributed by atoms with Crippen LogP contribution in [0.25, 0.3) is 0 Å². The molecule has 0 aromatic heterocycles. The highest BCUT2D eigenvalue weighted by Crippen LogP contribution is 2.38. The predicted octanol–water partition coefficient (Wildman–Crippen LogP) is 0.867. The van der Waals surface area contributed by atoms with E-state index in [9.17, 15) is 5.11 Å². The van der Waals surface area contributed by atoms with Crippen LogP contribution < -0.4 is 5.73 Å². The maximum atomic E-state index is 9.21. The van der Waals surface area contributed by atoms with Crippen molar-refractivity contribution >= 4 is 0 Å². The maximum absolute atomic E-state index is 9.21. The van der Waals surface area contributed by atoms with Crippen LogP contribution in [-0.2, 0) is 5.54 Å². The van der Waals surface area contributed by atoms with Crippen molar-refractivity contribution in [2.45, 2.75) is 24.5 Å². The molecular weight excluding hydrogens is 176 g/mol. The zero-order valence-electron chi connectivity index (χ0n) is 7.77. The number of nitriles is 1. The van der Waals surface area contributed by atoms with Crippen molar-refractivity contribution in [3.8, 4) is 6.07 Å². The molecule has 1 fully saturated rings. The van der Waals surface area contributed by atoms with E-state index in [-0.39, 0.29) is 11.6 Å². The number of hydrogen-bond acceptors (Lipinski definition) is 3. The first-order chi connectivity index (χ1) is 6.64. The van der Waals surface area contributed by atoms with Crippen molar-refractivity contribution in [1.82, 2.24) is 0 Å². The number of nitrogens with zero attached hydrogens (tertiary/aromatic N) is 1. The second-order valence-electron chi connectivity index (χ2n) is 3.91. The first-order valence-electron chi connectivity index (χ1n) is 4.62. The summed E-state index contributed by atoms with van der Waals surface area (Å²) in [5, 5.41) is 17.8. The number of benzene rings is 1. The third-order valence-corrected chi connectivity index (χ3v) is 2.79. The average Bonchev–Trinajstić information content (AvgIpc) is 2.16. The van der Waals surface area contributed by atoms with Crippen molar-refractivity contribution in [3.05, 3.63) is 35.4 Å². The summed E-state index contributed by atoms with van der Waals surface area (Å²) in [6, 6.07) is 9.31. The van der Waals surface area contributed by atoms with Gasteiger partial charge in [0.25, 0.3) is 0 Å². The third kappa shape index (κ3) is 1.39. The quantitative estimate of drug-likeness (QED) is 0.687. The van der Waals surface area contributed by atoms with Gasteiger partial charge in [-0.1, -0.05) is 12.1 Å². The molecule has 1 saturated carbocycles. The summed E-state index contributed by atoms with van der Waals surface area (Å²) in [6.45, 7) is 0. The fourth-order valence-electron chi connectivity index (χ4n) is 1.89. The Morgan fingerprint density at radius 2 is 1.93 bits per heavy atom. The van der Waals surface area contributed by atoms with E-state index in [0.29, 0.717) is 18.4 Å². The van der Waals surface area contributed by atoms with Gasteiger partial charge in [-0.15, -0.1) is 0 Å². The van der Waals surface area contributed by atoms with Gasteiger partial charge >= 0.3 is 0 Å². The predicted molar refractivity (Wildman–Crippen MR) is 52.3 cm³/mol. The zero-order valence-corrected chi connectivity index (χ0v) is 7.77. The molecule has 0 spiro atoms. The zero-order chi connectivity index (χ0) is 10.2. The van der Waals surface area contributed by atoms with E-state index in [1.807, 2.05) is 12.1 Å². The molecule has 3 nitrogen and oxygen atoms in total. The molecule has 0 aliphatic heterocycles. The van der Waals surface area contributed by atoms with Crippen molar-refractivity contribution in [2.24, 2.45) is 5.73 Å². The van der Waals surface area contributed by atoms with Crippen LogP contribution in [0.3, 0.4) is 0 Å². The summed E-state index contributed by atoms with van der Waals surface area (Å²) in [5.41, 5.74) is 7.32. The molecular formula is C11H12N2O. The molecule has 1 aliphatic carbocycles. The molecule has 0 heterocycles. The Morgan fingerprint density at radius 1 is 1.36 bits per heavy atom. The van der Waals surface area contributed by atoms with E-state index in [2.05, 4.69) is 6.07 Å². The largest absolute Gasteiger partial charge is 0.393 e. The first kappa shape index (κ1) is 9.20. The minimum absolute atomic E-state index is 0.268. The van der Waals surface area contributed by atoms with Crippen molar-refractivity contribution in [2.75, 3.05) is 0 Å². The van der Waals surface area contributed by atoms with Crippen LogP contribution in [0, 0.1) is 11.3 Å². The lowest BCUT2D eigenvalue weighted by Crippen LogP contribution is -2.51. The van der Waals surface area contributed by atoms with Crippen molar-refractivity contribution in [1.29, 1.82) is 5.26 Å². The molecule has 0 saturated heterocycles. The van der Waals surface area contributed by atoms with Gasteiger partial charge in [0.15, 0.2) is 0 Å². The number of aliphatic hydroxyl groups is 1. The average molecular weight is 188 g/mol. The highest BCUT2D eigenvalue weighted by atomic mass is 16.3. The van der Waals surface area contributed by atoms with Crippen LogP contribution >= 0.6 is 0 Å². The molecule has 0 amide bonds. The van der Waals surface area contributed by atoms with Gasteiger partial charge in [-0.3, -0.25) is 0 Å². The Bertz CT molecular complexity index is 371. The fraction of sp³-hybridized carbons (Fsp3) is 0.364. The van der Waals surface area contributed by atoms with Crippen LogP contribution in [0.2, 0.25) is 0 Å². The number of aliphatic hydroxyl groups excluding tert-OH is 1. The normalized spacial score (nSPS) is 30.5. The molecule has 2 rings (SSSR count). The van der Waals surface area contributed by atoms with Crippen molar-refractivity contribution in [3.63, 3.8) is 0 Å². The van der Waals surface area contributed by atoms with Crippen LogP contribution in [0.1, 0.15) is 24.0 Å². The summed E-state index contributed by atoms with van der Waals surface area (Å²) in [4.78, 5) is 0. The van der Waals surface area contributed by atoms with Crippen molar-refractivity contribution < 1.29 is 5.11 Å². The molecule has 0 atom stereocenters. The molecule has 1 aromatic rings. The van der Waals surface area contributed by atoms with Gasteiger partial charge in [0.05, 0.1) is 17.7 Å². The molecule has 14 heavy (non-hydrogen) atoms. The minimum Gasteiger partial charge on any atom is -0.393 e. The van der Waals surface area contributed by atoms with E-state index < -0.39 is 0 Å². The van der Waals surface area contributed by atoms with E-state index in [1.165, 1.54) is 0 Å². The Hall–Kier alpha value is -1.37. The Balaban J connectivity index is 2.22. The monoisotopic (exact) mass is 188 g/mol. The van der Waals surface area contributed by atoms with Crippen LogP contribution in [-0.4, -0.2) is 11.2 Å². The summed E-state index contributed by atoms with van der Waals surface area (Å²) in [7, 11) is 0. The second-order valence-corrected chi connectivity index (χ2v) is 3.91. The van der Waals surface area contributed by atoms with Gasteiger partial charge in [-0.05, 0) is 30.5 Å². The summed E-state index contributed by atoms with van der Waals surface area (Å²) in [6.07, 6.45) is 0.952. The van der Waals surface area contributed by atoms with Gasteiger partial charge in [0.2, 0.25) is 0 Å². The lowest BCUT2D eigenvalue weighted by Gasteiger charge is -2.42. The third-order valence-electron chi connectivity index (χ3n) is 2.79. The molecule has 3 heteroatoms. The maximum Gasteiger partial charge on any atom is 0.0991 e. The Labute approximate surface area is 82.8 Å². The van der Waals surface area contributed by atoms with E-state index in [4.69, 9.17) is 11.0 Å². The van der Waals surface area contributed by atoms with Gasteiger partial charge in [0.1, 0.15) is 0 Å². The van der Waals surface area contributed by atoms with Crippen LogP contribution in [0.15, 0.2) is 24.3 Å². The number of hydrogen-bond donors (Lipinski definition) is 2. The van der Waals surface area contributed by atoms with Gasteiger partial charge < -0.3 is 10.8 Å².